The molecule has 2 amide bonds. The van der Waals surface area contributed by atoms with Gasteiger partial charge in [-0.3, -0.25) is 9.59 Å². The Kier molecular flexibility index (Phi) is 9.17. The molecule has 3 heterocycles. The van der Waals surface area contributed by atoms with Crippen LogP contribution in [-0.4, -0.2) is 62.4 Å². The minimum Gasteiger partial charge on any atom is -0.508 e. The van der Waals surface area contributed by atoms with E-state index in [4.69, 9.17) is 4.74 Å². The van der Waals surface area contributed by atoms with Gasteiger partial charge in [-0.2, -0.15) is 0 Å². The van der Waals surface area contributed by atoms with E-state index >= 15 is 0 Å². The second-order valence-corrected chi connectivity index (χ2v) is 12.2. The number of halogens is 1. The number of fused-ring (bicyclic) bond motifs is 1. The van der Waals surface area contributed by atoms with Crippen LogP contribution >= 0.6 is 0 Å². The SMILES string of the molecule is Cc1cccc2nc(C(=O)N[C@H]3CC[C@@H](NC(=O)c4cc(F)cnc4Oc4cccc(-c5ccc(O)cc5CN(C)C)c4)CC3)cn12. The molecule has 0 saturated heterocycles. The van der Waals surface area contributed by atoms with Crippen molar-refractivity contribution >= 4 is 17.5 Å². The lowest BCUT2D eigenvalue weighted by Gasteiger charge is -2.29. The van der Waals surface area contributed by atoms with Crippen LogP contribution in [0.15, 0.2) is 79.1 Å². The Bertz CT molecular complexity index is 1930. The summed E-state index contributed by atoms with van der Waals surface area (Å²) < 4.78 is 22.3. The van der Waals surface area contributed by atoms with Crippen LogP contribution in [-0.2, 0) is 6.54 Å². The second-order valence-electron chi connectivity index (χ2n) is 12.2. The average Bonchev–Trinajstić information content (AvgIpc) is 3.49. The summed E-state index contributed by atoms with van der Waals surface area (Å²) in [7, 11) is 3.91. The Morgan fingerprint density at radius 1 is 0.979 bits per heavy atom. The highest BCUT2D eigenvalue weighted by Gasteiger charge is 2.26. The van der Waals surface area contributed by atoms with Crippen LogP contribution in [0.25, 0.3) is 16.8 Å². The number of aromatic nitrogens is 3. The molecule has 3 aromatic heterocycles. The molecule has 2 aromatic carbocycles. The van der Waals surface area contributed by atoms with Crippen LogP contribution in [0.1, 0.15) is 57.8 Å². The predicted molar refractivity (Wildman–Crippen MR) is 176 cm³/mol. The normalized spacial score (nSPS) is 16.3. The van der Waals surface area contributed by atoms with Gasteiger partial charge in [0, 0.05) is 30.5 Å². The van der Waals surface area contributed by atoms with Gasteiger partial charge in [-0.25, -0.2) is 14.4 Å². The van der Waals surface area contributed by atoms with E-state index in [1.165, 1.54) is 0 Å². The van der Waals surface area contributed by atoms with Crippen LogP contribution in [0.5, 0.6) is 17.4 Å². The first kappa shape index (κ1) is 31.7. The number of nitrogens with zero attached hydrogens (tertiary/aromatic N) is 4. The number of pyridine rings is 2. The van der Waals surface area contributed by atoms with Gasteiger partial charge in [0.2, 0.25) is 5.88 Å². The van der Waals surface area contributed by atoms with E-state index < -0.39 is 11.7 Å². The lowest BCUT2D eigenvalue weighted by Crippen LogP contribution is -2.44. The highest BCUT2D eigenvalue weighted by Crippen LogP contribution is 2.32. The smallest absolute Gasteiger partial charge is 0.271 e. The van der Waals surface area contributed by atoms with Gasteiger partial charge in [-0.15, -0.1) is 0 Å². The summed E-state index contributed by atoms with van der Waals surface area (Å²) in [6.07, 6.45) is 5.39. The van der Waals surface area contributed by atoms with Gasteiger partial charge >= 0.3 is 0 Å². The number of ether oxygens (including phenoxy) is 1. The number of carbonyl (C=O) groups is 2. The van der Waals surface area contributed by atoms with E-state index in [0.29, 0.717) is 43.7 Å². The Balaban J connectivity index is 1.10. The summed E-state index contributed by atoms with van der Waals surface area (Å²) in [6.45, 7) is 2.58. The van der Waals surface area contributed by atoms with Crippen molar-refractivity contribution in [1.29, 1.82) is 0 Å². The third-order valence-corrected chi connectivity index (χ3v) is 8.32. The standard InChI is InChI=1S/C36H37FN6O4/c1-22-6-4-9-33-41-32(21-43(22)33)35(46)40-27-12-10-26(11-13-27)39-34(45)31-18-25(37)19-38-36(31)47-29-8-5-7-23(17-29)30-15-14-28(44)16-24(30)20-42(2)3/h4-9,14-19,21,26-27,44H,10-13,20H2,1-3H3,(H,39,45)(H,40,46)/t26-,27+. The fraction of sp³-hybridized carbons (Fsp3) is 0.278. The Morgan fingerprint density at radius 2 is 1.70 bits per heavy atom. The van der Waals surface area contributed by atoms with Crippen molar-refractivity contribution in [3.63, 3.8) is 0 Å². The van der Waals surface area contributed by atoms with Crippen LogP contribution in [0.3, 0.4) is 0 Å². The molecule has 11 heteroatoms. The number of carbonyl (C=O) groups excluding carboxylic acids is 2. The van der Waals surface area contributed by atoms with Crippen molar-refractivity contribution in [2.24, 2.45) is 0 Å². The van der Waals surface area contributed by atoms with Crippen LogP contribution < -0.4 is 15.4 Å². The molecule has 10 nitrogen and oxygen atoms in total. The minimum absolute atomic E-state index is 0.00842. The van der Waals surface area contributed by atoms with E-state index in [1.807, 2.05) is 72.8 Å². The molecule has 1 aliphatic rings. The molecule has 6 rings (SSSR count). The van der Waals surface area contributed by atoms with Gasteiger partial charge in [0.15, 0.2) is 0 Å². The molecule has 0 atom stereocenters. The molecule has 47 heavy (non-hydrogen) atoms. The lowest BCUT2D eigenvalue weighted by atomic mass is 9.91. The number of hydrogen-bond acceptors (Lipinski definition) is 7. The van der Waals surface area contributed by atoms with Crippen molar-refractivity contribution in [1.82, 2.24) is 29.9 Å². The van der Waals surface area contributed by atoms with Crippen LogP contribution in [0.4, 0.5) is 4.39 Å². The highest BCUT2D eigenvalue weighted by molar-refractivity contribution is 5.96. The van der Waals surface area contributed by atoms with E-state index in [2.05, 4.69) is 20.6 Å². The van der Waals surface area contributed by atoms with E-state index in [1.54, 1.807) is 24.4 Å². The van der Waals surface area contributed by atoms with E-state index in [-0.39, 0.29) is 35.2 Å². The number of benzene rings is 2. The molecule has 5 aromatic rings. The molecule has 1 fully saturated rings. The molecular weight excluding hydrogens is 599 g/mol. The Labute approximate surface area is 272 Å². The second kappa shape index (κ2) is 13.6. The van der Waals surface area contributed by atoms with Gasteiger partial charge in [0.1, 0.15) is 34.2 Å². The molecular formula is C36H37FN6O4. The Morgan fingerprint density at radius 3 is 2.43 bits per heavy atom. The number of hydrogen-bond donors (Lipinski definition) is 3. The van der Waals surface area contributed by atoms with Gasteiger partial charge in [0.05, 0.1) is 6.20 Å². The number of rotatable bonds is 9. The number of aromatic hydroxyl groups is 1. The number of imidazole rings is 1. The minimum atomic E-state index is -0.651. The summed E-state index contributed by atoms with van der Waals surface area (Å²) >= 11 is 0. The van der Waals surface area contributed by atoms with E-state index in [9.17, 15) is 19.1 Å². The molecule has 0 spiro atoms. The summed E-state index contributed by atoms with van der Waals surface area (Å²) in [5, 5.41) is 16.1. The summed E-state index contributed by atoms with van der Waals surface area (Å²) in [6, 6.07) is 19.2. The molecule has 0 unspecified atom stereocenters. The fourth-order valence-electron chi connectivity index (χ4n) is 6.01. The molecule has 0 aliphatic heterocycles. The predicted octanol–water partition coefficient (Wildman–Crippen LogP) is 5.87. The van der Waals surface area contributed by atoms with Gasteiger partial charge in [-0.1, -0.05) is 24.3 Å². The zero-order valence-corrected chi connectivity index (χ0v) is 26.5. The molecule has 0 bridgehead atoms. The van der Waals surface area contributed by atoms with Crippen LogP contribution in [0.2, 0.25) is 0 Å². The molecule has 0 radical (unpaired) electrons. The summed E-state index contributed by atoms with van der Waals surface area (Å²) in [4.78, 5) is 36.9. The lowest BCUT2D eigenvalue weighted by molar-refractivity contribution is 0.0888. The summed E-state index contributed by atoms with van der Waals surface area (Å²) in [5.74, 6) is -0.762. The Hall–Kier alpha value is -5.29. The van der Waals surface area contributed by atoms with Crippen molar-refractivity contribution in [2.45, 2.75) is 51.2 Å². The largest absolute Gasteiger partial charge is 0.508 e. The van der Waals surface area contributed by atoms with Crippen molar-refractivity contribution in [2.75, 3.05) is 14.1 Å². The number of phenolic OH excluding ortho intramolecular Hbond substituents is 1. The monoisotopic (exact) mass is 636 g/mol. The van der Waals surface area contributed by atoms with Crippen molar-refractivity contribution in [3.05, 3.63) is 107 Å². The fourth-order valence-corrected chi connectivity index (χ4v) is 6.01. The zero-order chi connectivity index (χ0) is 33.1. The van der Waals surface area contributed by atoms with Gasteiger partial charge in [0.25, 0.3) is 11.8 Å². The molecule has 1 aliphatic carbocycles. The third kappa shape index (κ3) is 7.41. The molecule has 242 valence electrons. The van der Waals surface area contributed by atoms with Crippen LogP contribution in [0, 0.1) is 12.7 Å². The van der Waals surface area contributed by atoms with E-state index in [0.717, 1.165) is 40.3 Å². The van der Waals surface area contributed by atoms with Crippen molar-refractivity contribution < 1.29 is 23.8 Å². The maximum Gasteiger partial charge on any atom is 0.271 e. The summed E-state index contributed by atoms with van der Waals surface area (Å²) in [5.41, 5.74) is 4.78. The first-order valence-electron chi connectivity index (χ1n) is 15.6. The maximum atomic E-state index is 14.3. The third-order valence-electron chi connectivity index (χ3n) is 8.32. The zero-order valence-electron chi connectivity index (χ0n) is 26.5. The first-order valence-corrected chi connectivity index (χ1v) is 15.6. The topological polar surface area (TPSA) is 121 Å². The number of amides is 2. The van der Waals surface area contributed by atoms with Crippen molar-refractivity contribution in [3.8, 4) is 28.5 Å². The first-order chi connectivity index (χ1) is 22.6. The van der Waals surface area contributed by atoms with Gasteiger partial charge in [-0.05, 0) is 106 Å². The quantitative estimate of drug-likeness (QED) is 0.185. The number of phenols is 1. The molecule has 3 N–H and O–H groups in total. The molecule has 1 saturated carbocycles. The highest BCUT2D eigenvalue weighted by atomic mass is 19.1. The number of nitrogens with one attached hydrogen (secondary N) is 2. The maximum absolute atomic E-state index is 14.3. The average molecular weight is 637 g/mol. The number of aryl methyl sites for hydroxylation is 1. The van der Waals surface area contributed by atoms with Gasteiger partial charge < -0.3 is 29.8 Å².